The molecule has 0 unspecified atom stereocenters. The fraction of sp³-hybridized carbons (Fsp3) is 0.467. The van der Waals surface area contributed by atoms with Crippen LogP contribution >= 0.6 is 11.6 Å². The van der Waals surface area contributed by atoms with Crippen LogP contribution in [0.5, 0.6) is 5.75 Å². The zero-order chi connectivity index (χ0) is 13.4. The van der Waals surface area contributed by atoms with Crippen molar-refractivity contribution in [3.63, 3.8) is 0 Å². The minimum Gasteiger partial charge on any atom is -0.490 e. The van der Waals surface area contributed by atoms with Gasteiger partial charge in [-0.25, -0.2) is 4.39 Å². The van der Waals surface area contributed by atoms with Gasteiger partial charge >= 0.3 is 0 Å². The zero-order valence-corrected chi connectivity index (χ0v) is 11.6. The molecule has 0 spiro atoms. The van der Waals surface area contributed by atoms with E-state index >= 15 is 0 Å². The Labute approximate surface area is 113 Å². The highest BCUT2D eigenvalue weighted by Crippen LogP contribution is 2.19. The highest BCUT2D eigenvalue weighted by atomic mass is 35.5. The minimum absolute atomic E-state index is 0.272. The molecule has 1 aromatic rings. The van der Waals surface area contributed by atoms with Crippen LogP contribution in [-0.4, -0.2) is 12.5 Å². The summed E-state index contributed by atoms with van der Waals surface area (Å²) in [7, 11) is 0. The third-order valence-corrected chi connectivity index (χ3v) is 2.53. The molecule has 1 nitrogen and oxygen atoms in total. The molecule has 0 aliphatic rings. The lowest BCUT2D eigenvalue weighted by atomic mass is 10.1. The Morgan fingerprint density at radius 1 is 1.39 bits per heavy atom. The third-order valence-electron chi connectivity index (χ3n) is 2.34. The van der Waals surface area contributed by atoms with Crippen molar-refractivity contribution in [2.75, 3.05) is 12.5 Å². The second-order valence-electron chi connectivity index (χ2n) is 4.42. The van der Waals surface area contributed by atoms with Crippen LogP contribution in [0.3, 0.4) is 0 Å². The van der Waals surface area contributed by atoms with Crippen molar-refractivity contribution >= 4 is 11.6 Å². The molecule has 1 aromatic carbocycles. The van der Waals surface area contributed by atoms with Crippen molar-refractivity contribution in [2.45, 2.75) is 26.7 Å². The number of rotatable bonds is 5. The Hall–Kier alpha value is -1.20. The number of halogens is 2. The quantitative estimate of drug-likeness (QED) is 0.574. The number of ether oxygens (including phenoxy) is 1. The van der Waals surface area contributed by atoms with Crippen LogP contribution in [0.25, 0.3) is 0 Å². The molecule has 0 aliphatic carbocycles. The summed E-state index contributed by atoms with van der Waals surface area (Å²) < 4.78 is 18.9. The number of hydrogen-bond donors (Lipinski definition) is 0. The molecule has 0 aliphatic heterocycles. The Bertz CT molecular complexity index is 432. The molecule has 0 bridgehead atoms. The normalized spacial score (nSPS) is 10.1. The molecule has 1 rings (SSSR count). The maximum atomic E-state index is 13.5. The van der Waals surface area contributed by atoms with Gasteiger partial charge in [-0.1, -0.05) is 25.7 Å². The van der Waals surface area contributed by atoms with Gasteiger partial charge in [0.2, 0.25) is 0 Å². The molecular weight excluding hydrogens is 251 g/mol. The predicted octanol–water partition coefficient (Wildman–Crippen LogP) is 4.23. The van der Waals surface area contributed by atoms with E-state index in [1.54, 1.807) is 12.1 Å². The molecule has 98 valence electrons. The summed E-state index contributed by atoms with van der Waals surface area (Å²) in [6.07, 6.45) is 1.53. The van der Waals surface area contributed by atoms with Crippen LogP contribution < -0.4 is 4.74 Å². The number of hydrogen-bond acceptors (Lipinski definition) is 1. The lowest BCUT2D eigenvalue weighted by Gasteiger charge is -2.09. The van der Waals surface area contributed by atoms with Gasteiger partial charge in [0.1, 0.15) is 0 Å². The van der Waals surface area contributed by atoms with Crippen LogP contribution in [-0.2, 0) is 0 Å². The lowest BCUT2D eigenvalue weighted by molar-refractivity contribution is 0.276. The summed E-state index contributed by atoms with van der Waals surface area (Å²) in [5.41, 5.74) is 0.751. The second-order valence-corrected chi connectivity index (χ2v) is 4.79. The van der Waals surface area contributed by atoms with E-state index in [0.717, 1.165) is 12.0 Å². The van der Waals surface area contributed by atoms with E-state index in [1.807, 2.05) is 0 Å². The smallest absolute Gasteiger partial charge is 0.165 e. The van der Waals surface area contributed by atoms with E-state index in [-0.39, 0.29) is 11.6 Å². The molecule has 0 heterocycles. The molecule has 0 atom stereocenters. The van der Waals surface area contributed by atoms with Gasteiger partial charge in [0, 0.05) is 17.9 Å². The van der Waals surface area contributed by atoms with E-state index in [2.05, 4.69) is 25.7 Å². The first kappa shape index (κ1) is 14.9. The van der Waals surface area contributed by atoms with Crippen LogP contribution in [0.1, 0.15) is 32.3 Å². The monoisotopic (exact) mass is 268 g/mol. The third kappa shape index (κ3) is 5.42. The summed E-state index contributed by atoms with van der Waals surface area (Å²) >= 11 is 5.54. The van der Waals surface area contributed by atoms with Crippen molar-refractivity contribution in [1.29, 1.82) is 0 Å². The van der Waals surface area contributed by atoms with Crippen molar-refractivity contribution in [1.82, 2.24) is 0 Å². The lowest BCUT2D eigenvalue weighted by Crippen LogP contribution is -2.02. The minimum atomic E-state index is -0.346. The summed E-state index contributed by atoms with van der Waals surface area (Å²) in [6, 6.07) is 4.66. The van der Waals surface area contributed by atoms with Crippen LogP contribution in [0.15, 0.2) is 18.2 Å². The molecule has 3 heteroatoms. The highest BCUT2D eigenvalue weighted by Gasteiger charge is 2.04. The van der Waals surface area contributed by atoms with Gasteiger partial charge in [0.05, 0.1) is 6.61 Å². The molecule has 0 fully saturated rings. The molecule has 0 radical (unpaired) electrons. The Morgan fingerprint density at radius 2 is 2.17 bits per heavy atom. The van der Waals surface area contributed by atoms with Gasteiger partial charge in [-0.15, -0.1) is 11.6 Å². The highest BCUT2D eigenvalue weighted by molar-refractivity contribution is 6.18. The number of alkyl halides is 1. The van der Waals surface area contributed by atoms with Crippen LogP contribution in [0.4, 0.5) is 4.39 Å². The summed E-state index contributed by atoms with van der Waals surface area (Å²) in [4.78, 5) is 0. The van der Waals surface area contributed by atoms with Crippen molar-refractivity contribution in [2.24, 2.45) is 5.92 Å². The molecule has 0 amide bonds. The Morgan fingerprint density at radius 3 is 2.83 bits per heavy atom. The largest absolute Gasteiger partial charge is 0.490 e. The van der Waals surface area contributed by atoms with Gasteiger partial charge in [-0.2, -0.15) is 0 Å². The molecule has 0 saturated carbocycles. The van der Waals surface area contributed by atoms with E-state index < -0.39 is 0 Å². The first-order valence-corrected chi connectivity index (χ1v) is 6.64. The van der Waals surface area contributed by atoms with Gasteiger partial charge in [0.25, 0.3) is 0 Å². The summed E-state index contributed by atoms with van der Waals surface area (Å²) in [5, 5.41) is 0. The van der Waals surface area contributed by atoms with E-state index in [0.29, 0.717) is 24.8 Å². The fourth-order valence-electron chi connectivity index (χ4n) is 1.31. The standard InChI is InChI=1S/C15H18ClFO/c1-12(2)8-10-18-15-11-13(5-3-4-9-16)6-7-14(15)17/h6-7,11-12H,4,8-10H2,1-2H3. The van der Waals surface area contributed by atoms with Gasteiger partial charge < -0.3 is 4.74 Å². The van der Waals surface area contributed by atoms with Gasteiger partial charge in [-0.05, 0) is 30.5 Å². The molecule has 0 saturated heterocycles. The van der Waals surface area contributed by atoms with Crippen molar-refractivity contribution in [3.8, 4) is 17.6 Å². The summed E-state index contributed by atoms with van der Waals surface area (Å²) in [5.74, 6) is 6.82. The van der Waals surface area contributed by atoms with Crippen molar-refractivity contribution < 1.29 is 9.13 Å². The Balaban J connectivity index is 2.67. The maximum Gasteiger partial charge on any atom is 0.165 e. The maximum absolute atomic E-state index is 13.5. The second kappa shape index (κ2) is 8.00. The fourth-order valence-corrected chi connectivity index (χ4v) is 1.40. The van der Waals surface area contributed by atoms with E-state index in [9.17, 15) is 4.39 Å². The molecule has 0 aromatic heterocycles. The van der Waals surface area contributed by atoms with Crippen LogP contribution in [0.2, 0.25) is 0 Å². The molecular formula is C15H18ClFO. The average Bonchev–Trinajstić information content (AvgIpc) is 2.33. The SMILES string of the molecule is CC(C)CCOc1cc(C#CCCCl)ccc1F. The average molecular weight is 269 g/mol. The van der Waals surface area contributed by atoms with E-state index in [1.165, 1.54) is 6.07 Å². The zero-order valence-electron chi connectivity index (χ0n) is 10.8. The van der Waals surface area contributed by atoms with Gasteiger partial charge in [0.15, 0.2) is 11.6 Å². The predicted molar refractivity (Wildman–Crippen MR) is 73.6 cm³/mol. The topological polar surface area (TPSA) is 9.23 Å². The molecule has 18 heavy (non-hydrogen) atoms. The summed E-state index contributed by atoms with van der Waals surface area (Å²) in [6.45, 7) is 4.73. The van der Waals surface area contributed by atoms with Crippen LogP contribution in [0, 0.1) is 23.6 Å². The molecule has 0 N–H and O–H groups in total. The first-order chi connectivity index (χ1) is 8.63. The van der Waals surface area contributed by atoms with Crippen molar-refractivity contribution in [3.05, 3.63) is 29.6 Å². The first-order valence-electron chi connectivity index (χ1n) is 6.10. The van der Waals surface area contributed by atoms with E-state index in [4.69, 9.17) is 16.3 Å². The Kier molecular flexibility index (Phi) is 6.60. The number of benzene rings is 1. The van der Waals surface area contributed by atoms with Gasteiger partial charge in [-0.3, -0.25) is 0 Å².